The predicted octanol–water partition coefficient (Wildman–Crippen LogP) is 4.01. The van der Waals surface area contributed by atoms with Crippen LogP contribution in [0.2, 0.25) is 0 Å². The van der Waals surface area contributed by atoms with Crippen molar-refractivity contribution in [2.24, 2.45) is 0 Å². The van der Waals surface area contributed by atoms with Crippen LogP contribution in [0.1, 0.15) is 5.56 Å². The van der Waals surface area contributed by atoms with Crippen LogP contribution in [-0.4, -0.2) is 23.4 Å². The topological polar surface area (TPSA) is 69.9 Å². The molecule has 1 N–H and O–H groups in total. The first-order chi connectivity index (χ1) is 14.0. The third kappa shape index (κ3) is 5.16. The Morgan fingerprint density at radius 1 is 1.07 bits per heavy atom. The molecule has 2 aromatic carbocycles. The van der Waals surface area contributed by atoms with Gasteiger partial charge in [-0.25, -0.2) is 4.39 Å². The Hall–Kier alpha value is -3.74. The van der Waals surface area contributed by atoms with Crippen LogP contribution in [0.25, 0.3) is 5.69 Å². The maximum atomic E-state index is 12.9. The van der Waals surface area contributed by atoms with Crippen molar-refractivity contribution in [3.05, 3.63) is 94.9 Å². The smallest absolute Gasteiger partial charge is 0.255 e. The molecule has 6 nitrogen and oxygen atoms in total. The second kappa shape index (κ2) is 8.97. The Morgan fingerprint density at radius 3 is 2.48 bits per heavy atom. The summed E-state index contributed by atoms with van der Waals surface area (Å²) in [5.74, 6) is 0.906. The van der Waals surface area contributed by atoms with Crippen molar-refractivity contribution in [3.8, 4) is 22.9 Å². The monoisotopic (exact) mass is 397 g/mol. The lowest BCUT2D eigenvalue weighted by molar-refractivity contribution is 0.261. The van der Waals surface area contributed by atoms with Gasteiger partial charge in [-0.3, -0.25) is 9.36 Å². The Labute approximate surface area is 167 Å². The zero-order valence-electron chi connectivity index (χ0n) is 15.8. The fourth-order valence-corrected chi connectivity index (χ4v) is 2.61. The quantitative estimate of drug-likeness (QED) is 0.582. The molecule has 0 aliphatic carbocycles. The normalized spacial score (nSPS) is 10.4. The summed E-state index contributed by atoms with van der Waals surface area (Å²) in [4.78, 5) is 12.5. The Morgan fingerprint density at radius 2 is 1.83 bits per heavy atom. The minimum absolute atomic E-state index is 0.0571. The molecule has 0 bridgehead atoms. The van der Waals surface area contributed by atoms with Crippen molar-refractivity contribution in [1.29, 1.82) is 0 Å². The van der Waals surface area contributed by atoms with Crippen LogP contribution < -0.4 is 19.8 Å². The number of methoxy groups -OCH3 is 1. The standard InChI is InChI=1S/C22H20FNO5/c1-15(25)13-29-20-8-5-18(12-21(20)27-2)24-10-9-16(11-22(24)26)14-28-19-6-3-17(23)4-7-19/h3-12,25H,1,13-14H2,2H3. The van der Waals surface area contributed by atoms with Crippen molar-refractivity contribution in [3.63, 3.8) is 0 Å². The summed E-state index contributed by atoms with van der Waals surface area (Å²) in [5, 5.41) is 9.17. The Balaban J connectivity index is 1.76. The number of rotatable bonds is 8. The average Bonchev–Trinajstić information content (AvgIpc) is 2.72. The molecule has 0 unspecified atom stereocenters. The lowest BCUT2D eigenvalue weighted by atomic mass is 10.2. The number of benzene rings is 2. The molecule has 0 aliphatic rings. The van der Waals surface area contributed by atoms with Gasteiger partial charge in [-0.1, -0.05) is 6.58 Å². The van der Waals surface area contributed by atoms with Gasteiger partial charge >= 0.3 is 0 Å². The molecule has 0 radical (unpaired) electrons. The summed E-state index contributed by atoms with van der Waals surface area (Å²) in [6.45, 7) is 3.49. The largest absolute Gasteiger partial charge is 0.509 e. The first-order valence-electron chi connectivity index (χ1n) is 8.74. The van der Waals surface area contributed by atoms with E-state index in [0.29, 0.717) is 28.5 Å². The lowest BCUT2D eigenvalue weighted by Crippen LogP contribution is -2.18. The van der Waals surface area contributed by atoms with E-state index in [-0.39, 0.29) is 30.3 Å². The molecule has 3 rings (SSSR count). The van der Waals surface area contributed by atoms with Gasteiger partial charge < -0.3 is 19.3 Å². The van der Waals surface area contributed by atoms with Gasteiger partial charge in [-0.2, -0.15) is 0 Å². The number of ether oxygens (including phenoxy) is 3. The molecule has 150 valence electrons. The van der Waals surface area contributed by atoms with Gasteiger partial charge in [-0.15, -0.1) is 0 Å². The van der Waals surface area contributed by atoms with Crippen LogP contribution in [0, 0.1) is 5.82 Å². The number of aliphatic hydroxyl groups is 1. The number of halogens is 1. The summed E-state index contributed by atoms with van der Waals surface area (Å²) in [7, 11) is 1.48. The van der Waals surface area contributed by atoms with E-state index in [1.165, 1.54) is 42.0 Å². The van der Waals surface area contributed by atoms with Crippen LogP contribution in [0.5, 0.6) is 17.2 Å². The van der Waals surface area contributed by atoms with Gasteiger partial charge in [0.25, 0.3) is 5.56 Å². The number of aliphatic hydroxyl groups excluding tert-OH is 1. The maximum Gasteiger partial charge on any atom is 0.255 e. The summed E-state index contributed by atoms with van der Waals surface area (Å²) >= 11 is 0. The molecule has 3 aromatic rings. The number of aromatic nitrogens is 1. The van der Waals surface area contributed by atoms with Crippen molar-refractivity contribution in [2.45, 2.75) is 6.61 Å². The molecule has 0 fully saturated rings. The molecular weight excluding hydrogens is 377 g/mol. The Bertz CT molecular complexity index is 1060. The van der Waals surface area contributed by atoms with Crippen LogP contribution in [0.4, 0.5) is 4.39 Å². The van der Waals surface area contributed by atoms with E-state index in [2.05, 4.69) is 6.58 Å². The molecule has 0 amide bonds. The van der Waals surface area contributed by atoms with Crippen molar-refractivity contribution in [1.82, 2.24) is 4.57 Å². The highest BCUT2D eigenvalue weighted by molar-refractivity contribution is 5.49. The minimum Gasteiger partial charge on any atom is -0.509 e. The Kier molecular flexibility index (Phi) is 6.19. The number of nitrogens with zero attached hydrogens (tertiary/aromatic N) is 1. The molecule has 1 aromatic heterocycles. The summed E-state index contributed by atoms with van der Waals surface area (Å²) in [5.41, 5.74) is 1.03. The highest BCUT2D eigenvalue weighted by Crippen LogP contribution is 2.29. The minimum atomic E-state index is -0.340. The molecule has 0 aliphatic heterocycles. The average molecular weight is 397 g/mol. The van der Waals surface area contributed by atoms with Crippen molar-refractivity contribution in [2.75, 3.05) is 13.7 Å². The van der Waals surface area contributed by atoms with E-state index >= 15 is 0 Å². The van der Waals surface area contributed by atoms with Crippen molar-refractivity contribution < 1.29 is 23.7 Å². The van der Waals surface area contributed by atoms with E-state index in [1.54, 1.807) is 30.5 Å². The second-order valence-electron chi connectivity index (χ2n) is 6.18. The number of pyridine rings is 1. The van der Waals surface area contributed by atoms with Gasteiger partial charge in [-0.05, 0) is 48.0 Å². The van der Waals surface area contributed by atoms with Gasteiger partial charge in [0.15, 0.2) is 11.5 Å². The molecule has 0 saturated heterocycles. The molecule has 29 heavy (non-hydrogen) atoms. The van der Waals surface area contributed by atoms with E-state index in [4.69, 9.17) is 19.3 Å². The van der Waals surface area contributed by atoms with Crippen LogP contribution in [0.15, 0.2) is 77.9 Å². The van der Waals surface area contributed by atoms with Crippen LogP contribution in [0.3, 0.4) is 0 Å². The van der Waals surface area contributed by atoms with E-state index in [0.717, 1.165) is 0 Å². The first kappa shape index (κ1) is 20.0. The number of hydrogen-bond donors (Lipinski definition) is 1. The molecular formula is C22H20FNO5. The zero-order valence-corrected chi connectivity index (χ0v) is 15.8. The zero-order chi connectivity index (χ0) is 20.8. The lowest BCUT2D eigenvalue weighted by Gasteiger charge is -2.13. The summed E-state index contributed by atoms with van der Waals surface area (Å²) in [6, 6.07) is 13.9. The second-order valence-corrected chi connectivity index (χ2v) is 6.18. The predicted molar refractivity (Wildman–Crippen MR) is 107 cm³/mol. The van der Waals surface area contributed by atoms with Crippen molar-refractivity contribution >= 4 is 0 Å². The summed E-state index contributed by atoms with van der Waals surface area (Å²) in [6.07, 6.45) is 1.64. The van der Waals surface area contributed by atoms with E-state index in [9.17, 15) is 9.18 Å². The van der Waals surface area contributed by atoms with Crippen LogP contribution >= 0.6 is 0 Å². The molecule has 0 atom stereocenters. The van der Waals surface area contributed by atoms with Crippen LogP contribution in [-0.2, 0) is 6.61 Å². The van der Waals surface area contributed by atoms with Gasteiger partial charge in [0.2, 0.25) is 0 Å². The van der Waals surface area contributed by atoms with Gasteiger partial charge in [0.05, 0.1) is 12.8 Å². The third-order valence-corrected chi connectivity index (χ3v) is 4.02. The van der Waals surface area contributed by atoms with E-state index in [1.807, 2.05) is 0 Å². The molecule has 0 saturated carbocycles. The molecule has 1 heterocycles. The SMILES string of the molecule is C=C(O)COc1ccc(-n2ccc(COc3ccc(F)cc3)cc2=O)cc1OC. The first-order valence-corrected chi connectivity index (χ1v) is 8.74. The summed E-state index contributed by atoms with van der Waals surface area (Å²) < 4.78 is 30.7. The molecule has 7 heteroatoms. The fourth-order valence-electron chi connectivity index (χ4n) is 2.61. The van der Waals surface area contributed by atoms with Gasteiger partial charge in [0.1, 0.15) is 30.5 Å². The van der Waals surface area contributed by atoms with Gasteiger partial charge in [0, 0.05) is 18.3 Å². The fraction of sp³-hybridized carbons (Fsp3) is 0.136. The van der Waals surface area contributed by atoms with E-state index < -0.39 is 0 Å². The molecule has 0 spiro atoms. The number of hydrogen-bond acceptors (Lipinski definition) is 5. The highest BCUT2D eigenvalue weighted by atomic mass is 19.1. The highest BCUT2D eigenvalue weighted by Gasteiger charge is 2.09. The third-order valence-electron chi connectivity index (χ3n) is 4.02. The maximum absolute atomic E-state index is 12.9.